The maximum Gasteiger partial charge on any atom is 0.254 e. The first kappa shape index (κ1) is 25.3. The molecule has 170 valence electrons. The summed E-state index contributed by atoms with van der Waals surface area (Å²) in [4.78, 5) is 27.3. The lowest BCUT2D eigenvalue weighted by Gasteiger charge is -2.42. The van der Waals surface area contributed by atoms with Crippen molar-refractivity contribution in [3.05, 3.63) is 95.3 Å². The van der Waals surface area contributed by atoms with Crippen molar-refractivity contribution >= 4 is 18.4 Å². The fourth-order valence-electron chi connectivity index (χ4n) is 4.03. The van der Waals surface area contributed by atoms with E-state index in [-0.39, 0.29) is 17.9 Å². The number of benzene rings is 2. The van der Waals surface area contributed by atoms with Crippen molar-refractivity contribution in [2.45, 2.75) is 32.7 Å². The number of fused-ring (bicyclic) bond motifs is 1. The maximum absolute atomic E-state index is 13.0. The van der Waals surface area contributed by atoms with Crippen molar-refractivity contribution in [1.82, 2.24) is 9.88 Å². The predicted molar refractivity (Wildman–Crippen MR) is 130 cm³/mol. The molecule has 0 spiro atoms. The summed E-state index contributed by atoms with van der Waals surface area (Å²) in [6.45, 7) is 9.27. The van der Waals surface area contributed by atoms with Gasteiger partial charge in [0.05, 0.1) is 17.7 Å². The van der Waals surface area contributed by atoms with E-state index in [0.717, 1.165) is 23.2 Å². The number of nitrogens with two attached hydrogens (primary N) is 1. The Morgan fingerprint density at radius 3 is 2.42 bits per heavy atom. The van der Waals surface area contributed by atoms with Crippen LogP contribution in [0.2, 0.25) is 0 Å². The Morgan fingerprint density at radius 1 is 1.12 bits per heavy atom. The normalized spacial score (nSPS) is 16.5. The third kappa shape index (κ3) is 6.27. The molecule has 1 aliphatic rings. The largest absolute Gasteiger partial charge is 0.399 e. The minimum Gasteiger partial charge on any atom is -0.399 e. The second-order valence-electron chi connectivity index (χ2n) is 8.20. The van der Waals surface area contributed by atoms with Crippen LogP contribution in [0.15, 0.2) is 73.1 Å². The van der Waals surface area contributed by atoms with E-state index in [1.807, 2.05) is 48.2 Å². The molecule has 33 heavy (non-hydrogen) atoms. The maximum atomic E-state index is 13.0. The van der Waals surface area contributed by atoms with Crippen LogP contribution in [0, 0.1) is 17.2 Å². The van der Waals surface area contributed by atoms with E-state index in [9.17, 15) is 4.79 Å². The number of nitrogen functional groups attached to an aromatic ring is 1. The topological polar surface area (TPSA) is 100 Å². The SMILES string of the molecule is C=O.CC(C)CN1C(=O)c2ccccc2[C@H](C)C1c1cccnc1.N#Cc1cccc(N)c1. The van der Waals surface area contributed by atoms with E-state index in [0.29, 0.717) is 17.2 Å². The number of carbonyl (C=O) groups excluding carboxylic acids is 2. The summed E-state index contributed by atoms with van der Waals surface area (Å²) in [6.07, 6.45) is 3.66. The molecule has 2 N–H and O–H groups in total. The number of pyridine rings is 1. The molecule has 0 bridgehead atoms. The predicted octanol–water partition coefficient (Wildman–Crippen LogP) is 4.99. The second kappa shape index (κ2) is 12.2. The summed E-state index contributed by atoms with van der Waals surface area (Å²) in [5, 5.41) is 8.36. The van der Waals surface area contributed by atoms with E-state index >= 15 is 0 Å². The van der Waals surface area contributed by atoms with Gasteiger partial charge < -0.3 is 15.4 Å². The van der Waals surface area contributed by atoms with Gasteiger partial charge in [0.1, 0.15) is 6.79 Å². The fourth-order valence-corrected chi connectivity index (χ4v) is 4.03. The number of hydrogen-bond acceptors (Lipinski definition) is 5. The number of nitrogens with zero attached hydrogens (tertiary/aromatic N) is 3. The molecular weight excluding hydrogens is 412 g/mol. The minimum atomic E-state index is 0.0542. The van der Waals surface area contributed by atoms with Crippen molar-refractivity contribution in [2.24, 2.45) is 5.92 Å². The number of anilines is 1. The summed E-state index contributed by atoms with van der Waals surface area (Å²) in [5.41, 5.74) is 9.72. The van der Waals surface area contributed by atoms with Crippen LogP contribution in [-0.4, -0.2) is 29.1 Å². The Hall–Kier alpha value is -3.98. The standard InChI is InChI=1S/C19H22N2O.C7H6N2.CH2O/c1-13(2)12-21-18(15-7-6-10-20-11-15)14(3)16-8-4-5-9-17(16)19(21)22;8-5-6-2-1-3-7(9)4-6;1-2/h4-11,13-14,18H,12H2,1-3H3;1-4H,9H2;1H2/t14-,18?;;/m0../s1. The van der Waals surface area contributed by atoms with Gasteiger partial charge in [0.15, 0.2) is 0 Å². The molecule has 2 atom stereocenters. The lowest BCUT2D eigenvalue weighted by Crippen LogP contribution is -2.43. The van der Waals surface area contributed by atoms with Gasteiger partial charge in [-0.2, -0.15) is 5.26 Å². The van der Waals surface area contributed by atoms with Crippen molar-refractivity contribution < 1.29 is 9.59 Å². The first-order chi connectivity index (χ1) is 15.9. The molecule has 6 nitrogen and oxygen atoms in total. The van der Waals surface area contributed by atoms with Crippen molar-refractivity contribution in [2.75, 3.05) is 12.3 Å². The molecule has 1 aromatic heterocycles. The van der Waals surface area contributed by atoms with Gasteiger partial charge in [0.25, 0.3) is 5.91 Å². The van der Waals surface area contributed by atoms with Crippen LogP contribution in [0.4, 0.5) is 5.69 Å². The molecule has 2 aromatic carbocycles. The van der Waals surface area contributed by atoms with Gasteiger partial charge in [0.2, 0.25) is 0 Å². The monoisotopic (exact) mass is 442 g/mol. The van der Waals surface area contributed by atoms with Crippen LogP contribution < -0.4 is 5.73 Å². The van der Waals surface area contributed by atoms with E-state index in [4.69, 9.17) is 15.8 Å². The van der Waals surface area contributed by atoms with Gasteiger partial charge in [0, 0.05) is 36.1 Å². The van der Waals surface area contributed by atoms with E-state index in [1.54, 1.807) is 30.5 Å². The van der Waals surface area contributed by atoms with Crippen LogP contribution in [-0.2, 0) is 4.79 Å². The molecule has 6 heteroatoms. The average Bonchev–Trinajstić information content (AvgIpc) is 2.84. The van der Waals surface area contributed by atoms with E-state index in [2.05, 4.69) is 37.9 Å². The van der Waals surface area contributed by atoms with Crippen LogP contribution in [0.1, 0.15) is 59.8 Å². The van der Waals surface area contributed by atoms with Crippen LogP contribution in [0.25, 0.3) is 0 Å². The lowest BCUT2D eigenvalue weighted by molar-refractivity contribution is -0.0980. The van der Waals surface area contributed by atoms with E-state index < -0.39 is 0 Å². The summed E-state index contributed by atoms with van der Waals surface area (Å²) in [6, 6.07) is 20.9. The number of nitriles is 1. The van der Waals surface area contributed by atoms with E-state index in [1.165, 1.54) is 0 Å². The Kier molecular flexibility index (Phi) is 9.31. The molecule has 0 saturated heterocycles. The molecule has 0 aliphatic carbocycles. The van der Waals surface area contributed by atoms with Gasteiger partial charge in [-0.25, -0.2) is 0 Å². The first-order valence-corrected chi connectivity index (χ1v) is 10.8. The van der Waals surface area contributed by atoms with Crippen LogP contribution in [0.5, 0.6) is 0 Å². The van der Waals surface area contributed by atoms with Crippen molar-refractivity contribution in [3.8, 4) is 6.07 Å². The third-order valence-corrected chi connectivity index (χ3v) is 5.36. The number of carbonyl (C=O) groups is 2. The van der Waals surface area contributed by atoms with Gasteiger partial charge in [-0.1, -0.05) is 51.1 Å². The number of rotatable bonds is 3. The molecule has 1 aliphatic heterocycles. The van der Waals surface area contributed by atoms with Gasteiger partial charge >= 0.3 is 0 Å². The molecule has 2 heterocycles. The average molecular weight is 443 g/mol. The molecule has 0 fully saturated rings. The van der Waals surface area contributed by atoms with Crippen LogP contribution in [0.3, 0.4) is 0 Å². The highest BCUT2D eigenvalue weighted by Crippen LogP contribution is 2.42. The molecular formula is C27H30N4O2. The zero-order valence-electron chi connectivity index (χ0n) is 19.3. The lowest BCUT2D eigenvalue weighted by atomic mass is 9.81. The minimum absolute atomic E-state index is 0.0542. The molecule has 1 unspecified atom stereocenters. The Morgan fingerprint density at radius 2 is 1.85 bits per heavy atom. The Labute approximate surface area is 195 Å². The summed E-state index contributed by atoms with van der Waals surface area (Å²) >= 11 is 0. The first-order valence-electron chi connectivity index (χ1n) is 10.8. The summed E-state index contributed by atoms with van der Waals surface area (Å²) in [7, 11) is 0. The van der Waals surface area contributed by atoms with Gasteiger partial charge in [-0.3, -0.25) is 9.78 Å². The van der Waals surface area contributed by atoms with Crippen LogP contribution >= 0.6 is 0 Å². The molecule has 0 radical (unpaired) electrons. The Bertz CT molecular complexity index is 1090. The highest BCUT2D eigenvalue weighted by molar-refractivity contribution is 5.97. The fraction of sp³-hybridized carbons (Fsp3) is 0.259. The quantitative estimate of drug-likeness (QED) is 0.576. The number of amides is 1. The number of hydrogen-bond donors (Lipinski definition) is 1. The highest BCUT2D eigenvalue weighted by Gasteiger charge is 2.38. The Balaban J connectivity index is 0.000000293. The molecule has 0 saturated carbocycles. The number of aromatic nitrogens is 1. The molecule has 4 rings (SSSR count). The van der Waals surface area contributed by atoms with Crippen molar-refractivity contribution in [1.29, 1.82) is 5.26 Å². The molecule has 3 aromatic rings. The highest BCUT2D eigenvalue weighted by atomic mass is 16.2. The third-order valence-electron chi connectivity index (χ3n) is 5.36. The second-order valence-corrected chi connectivity index (χ2v) is 8.20. The molecule has 1 amide bonds. The zero-order chi connectivity index (χ0) is 24.4. The smallest absolute Gasteiger partial charge is 0.254 e. The van der Waals surface area contributed by atoms with Gasteiger partial charge in [-0.05, 0) is 47.4 Å². The summed E-state index contributed by atoms with van der Waals surface area (Å²) in [5.74, 6) is 0.827. The summed E-state index contributed by atoms with van der Waals surface area (Å²) < 4.78 is 0. The van der Waals surface area contributed by atoms with Gasteiger partial charge in [-0.15, -0.1) is 0 Å². The van der Waals surface area contributed by atoms with Crippen molar-refractivity contribution in [3.63, 3.8) is 0 Å². The zero-order valence-corrected chi connectivity index (χ0v) is 19.3.